The maximum Gasteiger partial charge on any atom is 0.263 e. The number of hydrogen-bond donors (Lipinski definition) is 1. The Hall–Kier alpha value is -2.47. The second kappa shape index (κ2) is 6.11. The van der Waals surface area contributed by atoms with Crippen molar-refractivity contribution in [3.05, 3.63) is 48.3 Å². The molecule has 0 radical (unpaired) electrons. The van der Waals surface area contributed by atoms with E-state index in [1.54, 1.807) is 0 Å². The highest BCUT2D eigenvalue weighted by atomic mass is 16.5. The fourth-order valence-corrected chi connectivity index (χ4v) is 2.57. The van der Waals surface area contributed by atoms with Gasteiger partial charge >= 0.3 is 0 Å². The molecule has 0 bridgehead atoms. The van der Waals surface area contributed by atoms with Crippen LogP contribution >= 0.6 is 0 Å². The first-order valence-electron chi connectivity index (χ1n) is 7.11. The van der Waals surface area contributed by atoms with Crippen molar-refractivity contribution in [2.75, 3.05) is 19.0 Å². The first-order valence-corrected chi connectivity index (χ1v) is 7.11. The SMILES string of the molecule is COc1cnc(NC(=O)C2(c3ccccc3)CCCO2)nc1. The molecule has 114 valence electrons. The summed E-state index contributed by atoms with van der Waals surface area (Å²) >= 11 is 0. The van der Waals surface area contributed by atoms with Crippen LogP contribution in [0.15, 0.2) is 42.7 Å². The molecule has 6 nitrogen and oxygen atoms in total. The second-order valence-electron chi connectivity index (χ2n) is 5.05. The quantitative estimate of drug-likeness (QED) is 0.936. The number of nitrogens with zero attached hydrogens (tertiary/aromatic N) is 2. The molecule has 1 saturated heterocycles. The summed E-state index contributed by atoms with van der Waals surface area (Å²) in [6, 6.07) is 9.52. The molecule has 1 amide bonds. The van der Waals surface area contributed by atoms with Gasteiger partial charge in [-0.1, -0.05) is 30.3 Å². The Morgan fingerprint density at radius 1 is 1.27 bits per heavy atom. The van der Waals surface area contributed by atoms with Crippen molar-refractivity contribution >= 4 is 11.9 Å². The van der Waals surface area contributed by atoms with Gasteiger partial charge in [-0.3, -0.25) is 10.1 Å². The Morgan fingerprint density at radius 3 is 2.59 bits per heavy atom. The molecule has 1 unspecified atom stereocenters. The van der Waals surface area contributed by atoms with Crippen LogP contribution in [-0.2, 0) is 15.1 Å². The van der Waals surface area contributed by atoms with E-state index in [9.17, 15) is 4.79 Å². The van der Waals surface area contributed by atoms with E-state index in [1.165, 1.54) is 19.5 Å². The van der Waals surface area contributed by atoms with Crippen molar-refractivity contribution in [2.24, 2.45) is 0 Å². The molecule has 6 heteroatoms. The number of aromatic nitrogens is 2. The lowest BCUT2D eigenvalue weighted by atomic mass is 9.90. The molecule has 1 atom stereocenters. The molecule has 0 spiro atoms. The summed E-state index contributed by atoms with van der Waals surface area (Å²) in [4.78, 5) is 20.9. The van der Waals surface area contributed by atoms with Crippen molar-refractivity contribution in [3.63, 3.8) is 0 Å². The van der Waals surface area contributed by atoms with Crippen LogP contribution in [0.1, 0.15) is 18.4 Å². The zero-order chi connectivity index (χ0) is 15.4. The van der Waals surface area contributed by atoms with Gasteiger partial charge in [-0.25, -0.2) is 9.97 Å². The molecule has 1 fully saturated rings. The lowest BCUT2D eigenvalue weighted by Crippen LogP contribution is -2.40. The van der Waals surface area contributed by atoms with Gasteiger partial charge in [0.25, 0.3) is 5.91 Å². The van der Waals surface area contributed by atoms with Crippen molar-refractivity contribution in [2.45, 2.75) is 18.4 Å². The van der Waals surface area contributed by atoms with Crippen LogP contribution in [0, 0.1) is 0 Å². The maximum atomic E-state index is 12.7. The summed E-state index contributed by atoms with van der Waals surface area (Å²) in [5, 5.41) is 2.73. The van der Waals surface area contributed by atoms with E-state index in [1.807, 2.05) is 30.3 Å². The molecule has 1 aromatic heterocycles. The molecule has 1 aliphatic heterocycles. The first-order chi connectivity index (χ1) is 10.7. The van der Waals surface area contributed by atoms with Crippen LogP contribution in [0.5, 0.6) is 5.75 Å². The molecule has 1 N–H and O–H groups in total. The summed E-state index contributed by atoms with van der Waals surface area (Å²) in [5.74, 6) is 0.519. The predicted octanol–water partition coefficient (Wildman–Crippen LogP) is 2.13. The fraction of sp³-hybridized carbons (Fsp3) is 0.312. The van der Waals surface area contributed by atoms with Gasteiger partial charge in [0.15, 0.2) is 11.4 Å². The normalized spacial score (nSPS) is 20.6. The van der Waals surface area contributed by atoms with Crippen molar-refractivity contribution in [1.82, 2.24) is 9.97 Å². The lowest BCUT2D eigenvalue weighted by Gasteiger charge is -2.27. The van der Waals surface area contributed by atoms with Crippen LogP contribution in [0.25, 0.3) is 0 Å². The van der Waals surface area contributed by atoms with E-state index in [0.717, 1.165) is 12.0 Å². The molecular formula is C16H17N3O3. The van der Waals surface area contributed by atoms with Gasteiger partial charge in [0.1, 0.15) is 0 Å². The number of nitrogens with one attached hydrogen (secondary N) is 1. The number of benzene rings is 1. The molecule has 22 heavy (non-hydrogen) atoms. The van der Waals surface area contributed by atoms with Crippen molar-refractivity contribution in [1.29, 1.82) is 0 Å². The van der Waals surface area contributed by atoms with Gasteiger partial charge < -0.3 is 9.47 Å². The monoisotopic (exact) mass is 299 g/mol. The molecule has 2 heterocycles. The number of anilines is 1. The highest BCUT2D eigenvalue weighted by Gasteiger charge is 2.44. The Labute approximate surface area is 128 Å². The molecular weight excluding hydrogens is 282 g/mol. The number of carbonyl (C=O) groups excluding carboxylic acids is 1. The smallest absolute Gasteiger partial charge is 0.263 e. The van der Waals surface area contributed by atoms with Crippen LogP contribution in [0.4, 0.5) is 5.95 Å². The zero-order valence-electron chi connectivity index (χ0n) is 12.3. The third kappa shape index (κ3) is 2.65. The van der Waals surface area contributed by atoms with E-state index in [0.29, 0.717) is 18.8 Å². The molecule has 3 rings (SSSR count). The Morgan fingerprint density at radius 2 is 2.00 bits per heavy atom. The van der Waals surface area contributed by atoms with E-state index in [-0.39, 0.29) is 11.9 Å². The van der Waals surface area contributed by atoms with Crippen LogP contribution in [0.2, 0.25) is 0 Å². The van der Waals surface area contributed by atoms with Gasteiger partial charge in [-0.2, -0.15) is 0 Å². The summed E-state index contributed by atoms with van der Waals surface area (Å²) in [5.41, 5.74) is -0.122. The Bertz CT molecular complexity index is 637. The van der Waals surface area contributed by atoms with Crippen molar-refractivity contribution in [3.8, 4) is 5.75 Å². The number of carbonyl (C=O) groups is 1. The maximum absolute atomic E-state index is 12.7. The fourth-order valence-electron chi connectivity index (χ4n) is 2.57. The number of hydrogen-bond acceptors (Lipinski definition) is 5. The molecule has 2 aromatic rings. The zero-order valence-corrected chi connectivity index (χ0v) is 12.3. The summed E-state index contributed by atoms with van der Waals surface area (Å²) in [6.45, 7) is 0.561. The predicted molar refractivity (Wildman–Crippen MR) is 80.5 cm³/mol. The third-order valence-corrected chi connectivity index (χ3v) is 3.72. The highest BCUT2D eigenvalue weighted by Crippen LogP contribution is 2.37. The number of amides is 1. The van der Waals surface area contributed by atoms with E-state index in [4.69, 9.17) is 9.47 Å². The van der Waals surface area contributed by atoms with E-state index in [2.05, 4.69) is 15.3 Å². The summed E-state index contributed by atoms with van der Waals surface area (Å²) in [7, 11) is 1.54. The average molecular weight is 299 g/mol. The minimum atomic E-state index is -0.968. The number of methoxy groups -OCH3 is 1. The number of rotatable bonds is 4. The summed E-state index contributed by atoms with van der Waals surface area (Å²) in [6.07, 6.45) is 4.49. The number of ether oxygens (including phenoxy) is 2. The summed E-state index contributed by atoms with van der Waals surface area (Å²) < 4.78 is 10.8. The van der Waals surface area contributed by atoms with Gasteiger partial charge in [-0.05, 0) is 18.4 Å². The molecule has 1 aliphatic rings. The molecule has 1 aromatic carbocycles. The lowest BCUT2D eigenvalue weighted by molar-refractivity contribution is -0.136. The third-order valence-electron chi connectivity index (χ3n) is 3.72. The largest absolute Gasteiger partial charge is 0.494 e. The standard InChI is InChI=1S/C16H17N3O3/c1-21-13-10-17-15(18-11-13)19-14(20)16(8-5-9-22-16)12-6-3-2-4-7-12/h2-4,6-7,10-11H,5,8-9H2,1H3,(H,17,18,19,20). The topological polar surface area (TPSA) is 73.3 Å². The van der Waals surface area contributed by atoms with Crippen LogP contribution < -0.4 is 10.1 Å². The molecule has 0 aliphatic carbocycles. The first kappa shape index (κ1) is 14.5. The van der Waals surface area contributed by atoms with E-state index < -0.39 is 5.60 Å². The second-order valence-corrected chi connectivity index (χ2v) is 5.05. The van der Waals surface area contributed by atoms with Crippen LogP contribution in [-0.4, -0.2) is 29.6 Å². The minimum absolute atomic E-state index is 0.233. The Kier molecular flexibility index (Phi) is 4.02. The van der Waals surface area contributed by atoms with Gasteiger partial charge in [0, 0.05) is 6.61 Å². The van der Waals surface area contributed by atoms with E-state index >= 15 is 0 Å². The van der Waals surface area contributed by atoms with Crippen molar-refractivity contribution < 1.29 is 14.3 Å². The van der Waals surface area contributed by atoms with Gasteiger partial charge in [0.2, 0.25) is 5.95 Å². The molecule has 0 saturated carbocycles. The van der Waals surface area contributed by atoms with Gasteiger partial charge in [-0.15, -0.1) is 0 Å². The van der Waals surface area contributed by atoms with Crippen LogP contribution in [0.3, 0.4) is 0 Å². The Balaban J connectivity index is 1.84. The van der Waals surface area contributed by atoms with Gasteiger partial charge in [0.05, 0.1) is 19.5 Å². The highest BCUT2D eigenvalue weighted by molar-refractivity contribution is 5.97. The minimum Gasteiger partial charge on any atom is -0.494 e. The average Bonchev–Trinajstić information content (AvgIpc) is 3.07.